The van der Waals surface area contributed by atoms with Crippen molar-refractivity contribution in [3.05, 3.63) is 11.9 Å². The molecule has 17 heavy (non-hydrogen) atoms. The number of aryl methyl sites for hydroxylation is 1. The summed E-state index contributed by atoms with van der Waals surface area (Å²) in [4.78, 5) is 4.52. The van der Waals surface area contributed by atoms with Gasteiger partial charge in [0.1, 0.15) is 0 Å². The second-order valence-corrected chi connectivity index (χ2v) is 4.52. The molecule has 1 atom stereocenters. The predicted octanol–water partition coefficient (Wildman–Crippen LogP) is 3.00. The van der Waals surface area contributed by atoms with Gasteiger partial charge < -0.3 is 14.6 Å². The Kier molecular flexibility index (Phi) is 6.05. The van der Waals surface area contributed by atoms with Gasteiger partial charge in [-0.3, -0.25) is 0 Å². The lowest BCUT2D eigenvalue weighted by atomic mass is 10.2. The molecule has 4 heteroatoms. The SMILES string of the molecule is CCCC(C)n1cc(C)nc1NCCCOC. The van der Waals surface area contributed by atoms with E-state index in [0.29, 0.717) is 6.04 Å². The van der Waals surface area contributed by atoms with Gasteiger partial charge in [-0.15, -0.1) is 0 Å². The van der Waals surface area contributed by atoms with Crippen molar-refractivity contribution in [3.63, 3.8) is 0 Å². The molecule has 1 rings (SSSR count). The third-order valence-corrected chi connectivity index (χ3v) is 2.84. The lowest BCUT2D eigenvalue weighted by Crippen LogP contribution is -2.12. The summed E-state index contributed by atoms with van der Waals surface area (Å²) in [6.45, 7) is 8.19. The van der Waals surface area contributed by atoms with E-state index in [-0.39, 0.29) is 0 Å². The van der Waals surface area contributed by atoms with Gasteiger partial charge in [-0.1, -0.05) is 13.3 Å². The Morgan fingerprint density at radius 2 is 2.29 bits per heavy atom. The summed E-state index contributed by atoms with van der Waals surface area (Å²) < 4.78 is 7.28. The van der Waals surface area contributed by atoms with E-state index in [1.54, 1.807) is 7.11 Å². The number of anilines is 1. The van der Waals surface area contributed by atoms with Crippen LogP contribution in [0.5, 0.6) is 0 Å². The molecule has 0 saturated heterocycles. The van der Waals surface area contributed by atoms with Crippen molar-refractivity contribution in [1.82, 2.24) is 9.55 Å². The van der Waals surface area contributed by atoms with Crippen LogP contribution in [-0.2, 0) is 4.74 Å². The van der Waals surface area contributed by atoms with Gasteiger partial charge in [-0.05, 0) is 26.7 Å². The number of methoxy groups -OCH3 is 1. The molecule has 0 spiro atoms. The molecule has 98 valence electrons. The minimum atomic E-state index is 0.506. The lowest BCUT2D eigenvalue weighted by Gasteiger charge is -2.16. The summed E-state index contributed by atoms with van der Waals surface area (Å²) in [5, 5.41) is 3.38. The van der Waals surface area contributed by atoms with Gasteiger partial charge in [-0.2, -0.15) is 0 Å². The van der Waals surface area contributed by atoms with Crippen LogP contribution in [0.2, 0.25) is 0 Å². The van der Waals surface area contributed by atoms with Gasteiger partial charge in [0.15, 0.2) is 0 Å². The largest absolute Gasteiger partial charge is 0.385 e. The van der Waals surface area contributed by atoms with Crippen LogP contribution in [-0.4, -0.2) is 29.8 Å². The fourth-order valence-electron chi connectivity index (χ4n) is 1.96. The van der Waals surface area contributed by atoms with Gasteiger partial charge in [-0.25, -0.2) is 4.98 Å². The molecule has 0 aromatic carbocycles. The Morgan fingerprint density at radius 1 is 1.53 bits per heavy atom. The van der Waals surface area contributed by atoms with Crippen LogP contribution < -0.4 is 5.32 Å². The standard InChI is InChI=1S/C13H25N3O/c1-5-7-12(3)16-10-11(2)15-13(16)14-8-6-9-17-4/h10,12H,5-9H2,1-4H3,(H,14,15). The maximum absolute atomic E-state index is 5.03. The van der Waals surface area contributed by atoms with Crippen LogP contribution in [0.1, 0.15) is 44.8 Å². The Bertz CT molecular complexity index is 322. The number of hydrogen-bond donors (Lipinski definition) is 1. The Morgan fingerprint density at radius 3 is 2.94 bits per heavy atom. The molecule has 0 aliphatic heterocycles. The molecular weight excluding hydrogens is 214 g/mol. The highest BCUT2D eigenvalue weighted by atomic mass is 16.5. The molecule has 1 heterocycles. The third kappa shape index (κ3) is 4.38. The summed E-state index contributed by atoms with van der Waals surface area (Å²) in [6, 6.07) is 0.506. The second-order valence-electron chi connectivity index (χ2n) is 4.52. The van der Waals surface area contributed by atoms with Crippen LogP contribution in [0.25, 0.3) is 0 Å². The highest BCUT2D eigenvalue weighted by Gasteiger charge is 2.10. The first-order valence-corrected chi connectivity index (χ1v) is 6.47. The Hall–Kier alpha value is -1.03. The first-order valence-electron chi connectivity index (χ1n) is 6.47. The number of rotatable bonds is 8. The summed E-state index contributed by atoms with van der Waals surface area (Å²) in [6.07, 6.45) is 5.51. The minimum Gasteiger partial charge on any atom is -0.385 e. The summed E-state index contributed by atoms with van der Waals surface area (Å²) >= 11 is 0. The topological polar surface area (TPSA) is 39.1 Å². The Labute approximate surface area is 104 Å². The zero-order valence-corrected chi connectivity index (χ0v) is 11.5. The highest BCUT2D eigenvalue weighted by molar-refractivity contribution is 5.29. The molecule has 1 unspecified atom stereocenters. The lowest BCUT2D eigenvalue weighted by molar-refractivity contribution is 0.197. The zero-order valence-electron chi connectivity index (χ0n) is 11.5. The highest BCUT2D eigenvalue weighted by Crippen LogP contribution is 2.19. The second kappa shape index (κ2) is 7.33. The van der Waals surface area contributed by atoms with E-state index >= 15 is 0 Å². The normalized spacial score (nSPS) is 12.7. The minimum absolute atomic E-state index is 0.506. The summed E-state index contributed by atoms with van der Waals surface area (Å²) in [5.41, 5.74) is 1.07. The molecule has 1 N–H and O–H groups in total. The van der Waals surface area contributed by atoms with Crippen molar-refractivity contribution in [2.75, 3.05) is 25.6 Å². The fourth-order valence-corrected chi connectivity index (χ4v) is 1.96. The van der Waals surface area contributed by atoms with E-state index in [1.807, 2.05) is 6.92 Å². The smallest absolute Gasteiger partial charge is 0.203 e. The van der Waals surface area contributed by atoms with Crippen molar-refractivity contribution in [3.8, 4) is 0 Å². The van der Waals surface area contributed by atoms with Crippen molar-refractivity contribution in [2.45, 2.75) is 46.1 Å². The van der Waals surface area contributed by atoms with Crippen molar-refractivity contribution < 1.29 is 4.74 Å². The molecule has 0 amide bonds. The van der Waals surface area contributed by atoms with Crippen LogP contribution in [0.3, 0.4) is 0 Å². The molecule has 0 aliphatic carbocycles. The molecular formula is C13H25N3O. The van der Waals surface area contributed by atoms with Gasteiger partial charge in [0.05, 0.1) is 5.69 Å². The fraction of sp³-hybridized carbons (Fsp3) is 0.769. The quantitative estimate of drug-likeness (QED) is 0.709. The molecule has 4 nitrogen and oxygen atoms in total. The Balaban J connectivity index is 2.57. The molecule has 0 bridgehead atoms. The van der Waals surface area contributed by atoms with Crippen molar-refractivity contribution in [2.24, 2.45) is 0 Å². The van der Waals surface area contributed by atoms with E-state index in [0.717, 1.165) is 31.2 Å². The van der Waals surface area contributed by atoms with E-state index in [9.17, 15) is 0 Å². The summed E-state index contributed by atoms with van der Waals surface area (Å²) in [5.74, 6) is 0.986. The number of nitrogens with one attached hydrogen (secondary N) is 1. The van der Waals surface area contributed by atoms with Crippen LogP contribution in [0.15, 0.2) is 6.20 Å². The molecule has 0 aliphatic rings. The van der Waals surface area contributed by atoms with Gasteiger partial charge >= 0.3 is 0 Å². The molecule has 1 aromatic rings. The molecule has 0 radical (unpaired) electrons. The maximum atomic E-state index is 5.03. The van der Waals surface area contributed by atoms with Gasteiger partial charge in [0.25, 0.3) is 0 Å². The number of nitrogens with zero attached hydrogens (tertiary/aromatic N) is 2. The molecule has 0 saturated carbocycles. The van der Waals surface area contributed by atoms with E-state index in [2.05, 4.69) is 34.9 Å². The van der Waals surface area contributed by atoms with Crippen LogP contribution in [0.4, 0.5) is 5.95 Å². The van der Waals surface area contributed by atoms with E-state index < -0.39 is 0 Å². The van der Waals surface area contributed by atoms with E-state index in [4.69, 9.17) is 4.74 Å². The van der Waals surface area contributed by atoms with Crippen molar-refractivity contribution in [1.29, 1.82) is 0 Å². The average molecular weight is 239 g/mol. The first kappa shape index (κ1) is 14.0. The average Bonchev–Trinajstić information content (AvgIpc) is 2.66. The zero-order chi connectivity index (χ0) is 12.7. The van der Waals surface area contributed by atoms with Crippen LogP contribution >= 0.6 is 0 Å². The first-order chi connectivity index (χ1) is 8.19. The number of ether oxygens (including phenoxy) is 1. The number of imidazole rings is 1. The van der Waals surface area contributed by atoms with E-state index in [1.165, 1.54) is 12.8 Å². The monoisotopic (exact) mass is 239 g/mol. The third-order valence-electron chi connectivity index (χ3n) is 2.84. The number of aromatic nitrogens is 2. The van der Waals surface area contributed by atoms with Crippen molar-refractivity contribution >= 4 is 5.95 Å². The summed E-state index contributed by atoms with van der Waals surface area (Å²) in [7, 11) is 1.73. The predicted molar refractivity (Wildman–Crippen MR) is 71.6 cm³/mol. The van der Waals surface area contributed by atoms with Crippen LogP contribution in [0, 0.1) is 6.92 Å². The molecule has 0 fully saturated rings. The van der Waals surface area contributed by atoms with Gasteiger partial charge in [0, 0.05) is 32.5 Å². The number of hydrogen-bond acceptors (Lipinski definition) is 3. The van der Waals surface area contributed by atoms with Gasteiger partial charge in [0.2, 0.25) is 5.95 Å². The molecule has 1 aromatic heterocycles. The maximum Gasteiger partial charge on any atom is 0.203 e.